The molecule has 0 unspecified atom stereocenters. The molecular weight excluding hydrogens is 184 g/mol. The van der Waals surface area contributed by atoms with Gasteiger partial charge in [0, 0.05) is 24.5 Å². The van der Waals surface area contributed by atoms with Crippen LogP contribution in [0.15, 0.2) is 30.6 Å². The zero-order chi connectivity index (χ0) is 10.3. The van der Waals surface area contributed by atoms with Crippen LogP contribution in [0.5, 0.6) is 0 Å². The predicted molar refractivity (Wildman–Crippen MR) is 61.4 cm³/mol. The van der Waals surface area contributed by atoms with Crippen LogP contribution in [-0.4, -0.2) is 29.0 Å². The van der Waals surface area contributed by atoms with E-state index < -0.39 is 0 Å². The SMILES string of the molecule is CN1[C@@H]2CC[C@@H]1C=C(c1cccnc1)C2. The van der Waals surface area contributed by atoms with E-state index in [-0.39, 0.29) is 0 Å². The Labute approximate surface area is 90.6 Å². The average molecular weight is 200 g/mol. The normalized spacial score (nSPS) is 30.3. The molecule has 2 atom stereocenters. The third kappa shape index (κ3) is 1.49. The van der Waals surface area contributed by atoms with Crippen LogP contribution >= 0.6 is 0 Å². The molecule has 3 rings (SSSR count). The fourth-order valence-corrected chi connectivity index (χ4v) is 2.81. The second kappa shape index (κ2) is 3.46. The zero-order valence-electron chi connectivity index (χ0n) is 9.06. The maximum atomic E-state index is 4.19. The lowest BCUT2D eigenvalue weighted by Crippen LogP contribution is -2.34. The van der Waals surface area contributed by atoms with Crippen molar-refractivity contribution in [2.24, 2.45) is 0 Å². The second-order valence-corrected chi connectivity index (χ2v) is 4.60. The van der Waals surface area contributed by atoms with Gasteiger partial charge in [-0.05, 0) is 43.5 Å². The smallest absolute Gasteiger partial charge is 0.0342 e. The van der Waals surface area contributed by atoms with Gasteiger partial charge in [-0.25, -0.2) is 0 Å². The number of hydrogen-bond donors (Lipinski definition) is 0. The van der Waals surface area contributed by atoms with Crippen molar-refractivity contribution in [3.8, 4) is 0 Å². The van der Waals surface area contributed by atoms with Crippen LogP contribution in [0.2, 0.25) is 0 Å². The molecule has 1 fully saturated rings. The van der Waals surface area contributed by atoms with Crippen molar-refractivity contribution in [1.82, 2.24) is 9.88 Å². The lowest BCUT2D eigenvalue weighted by molar-refractivity contribution is 0.264. The minimum Gasteiger partial charge on any atom is -0.297 e. The summed E-state index contributed by atoms with van der Waals surface area (Å²) in [6, 6.07) is 5.62. The Kier molecular flexibility index (Phi) is 2.10. The monoisotopic (exact) mass is 200 g/mol. The fraction of sp³-hybridized carbons (Fsp3) is 0.462. The quantitative estimate of drug-likeness (QED) is 0.691. The van der Waals surface area contributed by atoms with E-state index in [9.17, 15) is 0 Å². The van der Waals surface area contributed by atoms with Gasteiger partial charge in [0.1, 0.15) is 0 Å². The van der Waals surface area contributed by atoms with Crippen molar-refractivity contribution in [3.63, 3.8) is 0 Å². The van der Waals surface area contributed by atoms with Gasteiger partial charge in [0.15, 0.2) is 0 Å². The second-order valence-electron chi connectivity index (χ2n) is 4.60. The molecule has 0 N–H and O–H groups in total. The maximum absolute atomic E-state index is 4.19. The summed E-state index contributed by atoms with van der Waals surface area (Å²) in [5, 5.41) is 0. The van der Waals surface area contributed by atoms with Crippen LogP contribution in [-0.2, 0) is 0 Å². The molecular formula is C13H16N2. The van der Waals surface area contributed by atoms with Gasteiger partial charge < -0.3 is 0 Å². The first-order valence-electron chi connectivity index (χ1n) is 5.67. The van der Waals surface area contributed by atoms with Crippen molar-refractivity contribution < 1.29 is 0 Å². The van der Waals surface area contributed by atoms with E-state index in [1.807, 2.05) is 18.5 Å². The Bertz CT molecular complexity index is 383. The van der Waals surface area contributed by atoms with Crippen LogP contribution < -0.4 is 0 Å². The van der Waals surface area contributed by atoms with E-state index in [2.05, 4.69) is 29.1 Å². The van der Waals surface area contributed by atoms with E-state index in [0.717, 1.165) is 6.04 Å². The van der Waals surface area contributed by atoms with Gasteiger partial charge in [-0.3, -0.25) is 9.88 Å². The molecule has 15 heavy (non-hydrogen) atoms. The molecule has 1 saturated heterocycles. The molecule has 2 aliphatic heterocycles. The first-order chi connectivity index (χ1) is 7.34. The lowest BCUT2D eigenvalue weighted by atomic mass is 9.96. The minimum absolute atomic E-state index is 0.666. The highest BCUT2D eigenvalue weighted by Gasteiger charge is 2.33. The molecule has 0 amide bonds. The molecule has 2 nitrogen and oxygen atoms in total. The van der Waals surface area contributed by atoms with Crippen molar-refractivity contribution in [3.05, 3.63) is 36.2 Å². The Morgan fingerprint density at radius 2 is 2.33 bits per heavy atom. The minimum atomic E-state index is 0.666. The summed E-state index contributed by atoms with van der Waals surface area (Å²) in [7, 11) is 2.25. The first-order valence-corrected chi connectivity index (χ1v) is 5.67. The van der Waals surface area contributed by atoms with Crippen molar-refractivity contribution >= 4 is 5.57 Å². The van der Waals surface area contributed by atoms with Gasteiger partial charge in [0.25, 0.3) is 0 Å². The Morgan fingerprint density at radius 1 is 1.40 bits per heavy atom. The number of fused-ring (bicyclic) bond motifs is 2. The van der Waals surface area contributed by atoms with Gasteiger partial charge >= 0.3 is 0 Å². The molecule has 3 heterocycles. The summed E-state index contributed by atoms with van der Waals surface area (Å²) >= 11 is 0. The maximum Gasteiger partial charge on any atom is 0.0342 e. The first kappa shape index (κ1) is 9.10. The van der Waals surface area contributed by atoms with Crippen molar-refractivity contribution in [1.29, 1.82) is 0 Å². The standard InChI is InChI=1S/C13H16N2/c1-15-12-4-5-13(15)8-11(7-12)10-3-2-6-14-9-10/h2-3,6-7,9,12-13H,4-5,8H2,1H3/t12-,13-/m1/s1. The average Bonchev–Trinajstić information content (AvgIpc) is 2.54. The van der Waals surface area contributed by atoms with Gasteiger partial charge in [0.2, 0.25) is 0 Å². The Hall–Kier alpha value is -1.15. The van der Waals surface area contributed by atoms with E-state index in [4.69, 9.17) is 0 Å². The summed E-state index contributed by atoms with van der Waals surface area (Å²) in [4.78, 5) is 6.71. The topological polar surface area (TPSA) is 16.1 Å². The number of pyridine rings is 1. The molecule has 78 valence electrons. The molecule has 0 radical (unpaired) electrons. The largest absolute Gasteiger partial charge is 0.297 e. The number of aromatic nitrogens is 1. The number of nitrogens with zero attached hydrogens (tertiary/aromatic N) is 2. The van der Waals surface area contributed by atoms with Crippen molar-refractivity contribution in [2.45, 2.75) is 31.3 Å². The Morgan fingerprint density at radius 3 is 3.07 bits per heavy atom. The number of likely N-dealkylation sites (N-methyl/N-ethyl adjacent to an activating group) is 1. The highest BCUT2D eigenvalue weighted by Crippen LogP contribution is 2.36. The molecule has 0 aromatic carbocycles. The number of rotatable bonds is 1. The van der Waals surface area contributed by atoms with E-state index in [1.54, 1.807) is 0 Å². The van der Waals surface area contributed by atoms with Crippen LogP contribution in [0.3, 0.4) is 0 Å². The molecule has 2 bridgehead atoms. The van der Waals surface area contributed by atoms with Crippen LogP contribution in [0, 0.1) is 0 Å². The van der Waals surface area contributed by atoms with Gasteiger partial charge in [0.05, 0.1) is 0 Å². The summed E-state index contributed by atoms with van der Waals surface area (Å²) in [6.45, 7) is 0. The van der Waals surface area contributed by atoms with Crippen molar-refractivity contribution in [2.75, 3.05) is 7.05 Å². The van der Waals surface area contributed by atoms with Crippen LogP contribution in [0.4, 0.5) is 0 Å². The van der Waals surface area contributed by atoms with Crippen LogP contribution in [0.1, 0.15) is 24.8 Å². The molecule has 2 heteroatoms. The molecule has 2 aliphatic rings. The predicted octanol–water partition coefficient (Wildman–Crippen LogP) is 2.33. The molecule has 0 spiro atoms. The highest BCUT2D eigenvalue weighted by atomic mass is 15.2. The van der Waals surface area contributed by atoms with E-state index in [0.29, 0.717) is 6.04 Å². The summed E-state index contributed by atoms with van der Waals surface area (Å²) in [6.07, 6.45) is 10.1. The van der Waals surface area contributed by atoms with E-state index in [1.165, 1.54) is 30.4 Å². The van der Waals surface area contributed by atoms with E-state index >= 15 is 0 Å². The third-order valence-electron chi connectivity index (χ3n) is 3.78. The summed E-state index contributed by atoms with van der Waals surface area (Å²) < 4.78 is 0. The molecule has 0 aliphatic carbocycles. The molecule has 0 saturated carbocycles. The van der Waals surface area contributed by atoms with Gasteiger partial charge in [-0.2, -0.15) is 0 Å². The van der Waals surface area contributed by atoms with Gasteiger partial charge in [-0.1, -0.05) is 12.1 Å². The molecule has 1 aromatic heterocycles. The van der Waals surface area contributed by atoms with Gasteiger partial charge in [-0.15, -0.1) is 0 Å². The number of hydrogen-bond acceptors (Lipinski definition) is 2. The highest BCUT2D eigenvalue weighted by molar-refractivity contribution is 5.67. The molecule has 1 aromatic rings. The summed E-state index contributed by atoms with van der Waals surface area (Å²) in [5.74, 6) is 0. The fourth-order valence-electron chi connectivity index (χ4n) is 2.81. The lowest BCUT2D eigenvalue weighted by Gasteiger charge is -2.30. The third-order valence-corrected chi connectivity index (χ3v) is 3.78. The summed E-state index contributed by atoms with van der Waals surface area (Å²) in [5.41, 5.74) is 2.80. The Balaban J connectivity index is 1.94. The van der Waals surface area contributed by atoms with Crippen LogP contribution in [0.25, 0.3) is 5.57 Å². The zero-order valence-corrected chi connectivity index (χ0v) is 9.06.